The predicted octanol–water partition coefficient (Wildman–Crippen LogP) is -0.406. The maximum Gasteiger partial charge on any atom is 1.00 e. The van der Waals surface area contributed by atoms with Gasteiger partial charge in [0.25, 0.3) is 0 Å². The van der Waals surface area contributed by atoms with Gasteiger partial charge in [-0.25, -0.2) is 9.78 Å². The Morgan fingerprint density at radius 3 is 2.29 bits per heavy atom. The van der Waals surface area contributed by atoms with E-state index < -0.39 is 35.9 Å². The van der Waals surface area contributed by atoms with Gasteiger partial charge in [-0.3, -0.25) is 9.59 Å². The fourth-order valence-corrected chi connectivity index (χ4v) is 2.45. The number of amides is 2. The SMILES string of the molecule is CC(N)C(=O)NC(Cc1cnc[nH]1)C(=O)NC(Cc1ccccc1)C(=O)O.[Cu+]. The first-order valence-electron chi connectivity index (χ1n) is 8.47. The molecule has 0 fully saturated rings. The summed E-state index contributed by atoms with van der Waals surface area (Å²) < 4.78 is 0. The number of aromatic amines is 1. The molecule has 154 valence electrons. The maximum absolute atomic E-state index is 12.7. The number of hydrogen-bond acceptors (Lipinski definition) is 5. The summed E-state index contributed by atoms with van der Waals surface area (Å²) >= 11 is 0. The first kappa shape index (κ1) is 23.4. The van der Waals surface area contributed by atoms with Gasteiger partial charge in [0.15, 0.2) is 0 Å². The second-order valence-corrected chi connectivity index (χ2v) is 6.22. The maximum atomic E-state index is 12.7. The molecule has 2 aromatic rings. The van der Waals surface area contributed by atoms with E-state index in [-0.39, 0.29) is 29.9 Å². The van der Waals surface area contributed by atoms with Crippen molar-refractivity contribution in [2.45, 2.75) is 37.9 Å². The number of H-pyrrole nitrogens is 1. The van der Waals surface area contributed by atoms with Gasteiger partial charge in [0.2, 0.25) is 11.8 Å². The molecule has 1 aromatic carbocycles. The number of imidazole rings is 1. The monoisotopic (exact) mass is 436 g/mol. The summed E-state index contributed by atoms with van der Waals surface area (Å²) in [7, 11) is 0. The Kier molecular flexibility index (Phi) is 9.37. The molecule has 0 aliphatic carbocycles. The van der Waals surface area contributed by atoms with Gasteiger partial charge in [0, 0.05) is 24.7 Å². The van der Waals surface area contributed by atoms with E-state index in [9.17, 15) is 19.5 Å². The predicted molar refractivity (Wildman–Crippen MR) is 97.6 cm³/mol. The molecule has 0 aliphatic heterocycles. The van der Waals surface area contributed by atoms with Crippen molar-refractivity contribution in [3.8, 4) is 0 Å². The van der Waals surface area contributed by atoms with E-state index in [2.05, 4.69) is 20.6 Å². The smallest absolute Gasteiger partial charge is 0.480 e. The Bertz CT molecular complexity index is 768. The average molecular weight is 437 g/mol. The van der Waals surface area contributed by atoms with Gasteiger partial charge in [-0.2, -0.15) is 0 Å². The zero-order valence-electron chi connectivity index (χ0n) is 15.2. The van der Waals surface area contributed by atoms with Gasteiger partial charge in [-0.15, -0.1) is 0 Å². The van der Waals surface area contributed by atoms with Crippen molar-refractivity contribution in [2.24, 2.45) is 5.73 Å². The molecule has 2 amide bonds. The van der Waals surface area contributed by atoms with Crippen LogP contribution in [0.5, 0.6) is 0 Å². The molecule has 0 saturated carbocycles. The van der Waals surface area contributed by atoms with E-state index in [4.69, 9.17) is 5.73 Å². The van der Waals surface area contributed by atoms with Crippen molar-refractivity contribution in [3.05, 3.63) is 54.1 Å². The summed E-state index contributed by atoms with van der Waals surface area (Å²) in [5.74, 6) is -2.28. The van der Waals surface area contributed by atoms with E-state index in [1.807, 2.05) is 6.07 Å². The van der Waals surface area contributed by atoms with Gasteiger partial charge in [-0.05, 0) is 12.5 Å². The topological polar surface area (TPSA) is 150 Å². The molecule has 9 nitrogen and oxygen atoms in total. The standard InChI is InChI=1S/C18H23N5O4.Cu/c1-11(19)16(24)22-14(8-13-9-20-10-21-13)17(25)23-15(18(26)27)7-12-5-3-2-4-6-12;/h2-6,9-11,14-15H,7-8,19H2,1H3,(H,20,21)(H,22,24)(H,23,25)(H,26,27);/q;+1. The zero-order valence-corrected chi connectivity index (χ0v) is 16.1. The number of rotatable bonds is 9. The average Bonchev–Trinajstić information content (AvgIpc) is 3.14. The summed E-state index contributed by atoms with van der Waals surface area (Å²) in [6, 6.07) is 6.05. The van der Waals surface area contributed by atoms with Crippen molar-refractivity contribution in [1.29, 1.82) is 0 Å². The van der Waals surface area contributed by atoms with Crippen molar-refractivity contribution in [1.82, 2.24) is 20.6 Å². The van der Waals surface area contributed by atoms with Crippen LogP contribution in [0.4, 0.5) is 0 Å². The third-order valence-electron chi connectivity index (χ3n) is 3.92. The second kappa shape index (κ2) is 11.2. The van der Waals surface area contributed by atoms with Crippen molar-refractivity contribution in [2.75, 3.05) is 0 Å². The molecule has 3 unspecified atom stereocenters. The summed E-state index contributed by atoms with van der Waals surface area (Å²) in [6.45, 7) is 1.50. The Balaban J connectivity index is 0.00000392. The van der Waals surface area contributed by atoms with Crippen LogP contribution in [0.2, 0.25) is 0 Å². The number of nitrogens with one attached hydrogen (secondary N) is 3. The summed E-state index contributed by atoms with van der Waals surface area (Å²) in [5.41, 5.74) is 6.94. The molecule has 0 saturated heterocycles. The molecule has 0 bridgehead atoms. The molecule has 2 rings (SSSR count). The largest absolute Gasteiger partial charge is 1.00 e. The molecular formula is C18H23CuN5O4+. The van der Waals surface area contributed by atoms with Gasteiger partial charge in [0.1, 0.15) is 12.1 Å². The fourth-order valence-electron chi connectivity index (χ4n) is 2.45. The first-order valence-corrected chi connectivity index (χ1v) is 8.47. The Hall–Kier alpha value is -2.68. The van der Waals surface area contributed by atoms with Crippen LogP contribution in [0.1, 0.15) is 18.2 Å². The minimum Gasteiger partial charge on any atom is -0.480 e. The number of nitrogens with two attached hydrogens (primary N) is 1. The van der Waals surface area contributed by atoms with Gasteiger partial charge >= 0.3 is 23.0 Å². The quantitative estimate of drug-likeness (QED) is 0.337. The van der Waals surface area contributed by atoms with E-state index >= 15 is 0 Å². The van der Waals surface area contributed by atoms with Crippen LogP contribution in [-0.4, -0.2) is 51.0 Å². The normalized spacial score (nSPS) is 13.5. The number of benzene rings is 1. The van der Waals surface area contributed by atoms with Crippen LogP contribution < -0.4 is 16.4 Å². The van der Waals surface area contributed by atoms with E-state index in [1.54, 1.807) is 24.3 Å². The number of nitrogens with zero attached hydrogens (tertiary/aromatic N) is 1. The van der Waals surface area contributed by atoms with E-state index in [0.717, 1.165) is 5.56 Å². The van der Waals surface area contributed by atoms with Crippen molar-refractivity contribution >= 4 is 17.8 Å². The van der Waals surface area contributed by atoms with E-state index in [0.29, 0.717) is 5.69 Å². The number of carboxylic acid groups (broad SMARTS) is 1. The minimum atomic E-state index is -1.16. The number of carboxylic acids is 1. The first-order chi connectivity index (χ1) is 12.9. The van der Waals surface area contributed by atoms with Gasteiger partial charge in [0.05, 0.1) is 12.4 Å². The molecule has 6 N–H and O–H groups in total. The number of hydrogen-bond donors (Lipinski definition) is 5. The fraction of sp³-hybridized carbons (Fsp3) is 0.333. The van der Waals surface area contributed by atoms with Crippen LogP contribution in [-0.2, 0) is 44.3 Å². The Morgan fingerprint density at radius 1 is 1.11 bits per heavy atom. The number of aromatic nitrogens is 2. The number of carbonyl (C=O) groups excluding carboxylic acids is 2. The van der Waals surface area contributed by atoms with Crippen LogP contribution in [0.25, 0.3) is 0 Å². The minimum absolute atomic E-state index is 0. The Labute approximate surface area is 173 Å². The molecule has 1 heterocycles. The number of carbonyl (C=O) groups is 3. The van der Waals surface area contributed by atoms with E-state index in [1.165, 1.54) is 19.4 Å². The molecule has 0 spiro atoms. The van der Waals surface area contributed by atoms with Gasteiger partial charge in [-0.1, -0.05) is 30.3 Å². The molecule has 0 aliphatic rings. The van der Waals surface area contributed by atoms with Crippen LogP contribution in [0.3, 0.4) is 0 Å². The van der Waals surface area contributed by atoms with Crippen LogP contribution in [0, 0.1) is 0 Å². The van der Waals surface area contributed by atoms with Crippen molar-refractivity contribution < 1.29 is 36.6 Å². The number of aliphatic carboxylic acids is 1. The third kappa shape index (κ3) is 7.15. The molecule has 10 heteroatoms. The van der Waals surface area contributed by atoms with Gasteiger partial charge < -0.3 is 26.5 Å². The molecule has 3 atom stereocenters. The molecule has 28 heavy (non-hydrogen) atoms. The van der Waals surface area contributed by atoms with Crippen molar-refractivity contribution in [3.63, 3.8) is 0 Å². The second-order valence-electron chi connectivity index (χ2n) is 6.22. The molecule has 0 radical (unpaired) electrons. The molecular weight excluding hydrogens is 414 g/mol. The van der Waals surface area contributed by atoms with Crippen LogP contribution in [0.15, 0.2) is 42.9 Å². The summed E-state index contributed by atoms with van der Waals surface area (Å²) in [6.07, 6.45) is 3.23. The van der Waals surface area contributed by atoms with Crippen LogP contribution >= 0.6 is 0 Å². The zero-order chi connectivity index (χ0) is 19.8. The molecule has 1 aromatic heterocycles. The Morgan fingerprint density at radius 2 is 1.75 bits per heavy atom. The summed E-state index contributed by atoms with van der Waals surface area (Å²) in [5, 5.41) is 14.5. The summed E-state index contributed by atoms with van der Waals surface area (Å²) in [4.78, 5) is 42.9. The third-order valence-corrected chi connectivity index (χ3v) is 3.92.